The molecule has 2 aromatic heterocycles. The van der Waals surface area contributed by atoms with Crippen molar-refractivity contribution in [3.63, 3.8) is 0 Å². The first kappa shape index (κ1) is 13.2. The Morgan fingerprint density at radius 3 is 2.71 bits per heavy atom. The lowest BCUT2D eigenvalue weighted by molar-refractivity contribution is 0.0593. The van der Waals surface area contributed by atoms with Crippen molar-refractivity contribution in [2.75, 3.05) is 7.11 Å². The van der Waals surface area contributed by atoms with Gasteiger partial charge in [0.2, 0.25) is 0 Å². The molecule has 0 saturated carbocycles. The summed E-state index contributed by atoms with van der Waals surface area (Å²) < 4.78 is 32.3. The molecule has 0 bridgehead atoms. The average molecular weight is 289 g/mol. The van der Waals surface area contributed by atoms with Gasteiger partial charge in [0.05, 0.1) is 12.8 Å². The van der Waals surface area contributed by atoms with Crippen molar-refractivity contribution in [1.82, 2.24) is 14.6 Å². The molecule has 2 heterocycles. The quantitative estimate of drug-likeness (QED) is 0.680. The molecule has 0 fully saturated rings. The van der Waals surface area contributed by atoms with Crippen LogP contribution in [0, 0.1) is 11.6 Å². The minimum absolute atomic E-state index is 0.0834. The fourth-order valence-corrected chi connectivity index (χ4v) is 1.97. The van der Waals surface area contributed by atoms with E-state index in [2.05, 4.69) is 14.8 Å². The summed E-state index contributed by atoms with van der Waals surface area (Å²) >= 11 is 0. The number of benzene rings is 1. The summed E-state index contributed by atoms with van der Waals surface area (Å²) in [4.78, 5) is 15.6. The highest BCUT2D eigenvalue weighted by Crippen LogP contribution is 2.22. The predicted octanol–water partition coefficient (Wildman–Crippen LogP) is 2.46. The monoisotopic (exact) mass is 289 g/mol. The summed E-state index contributed by atoms with van der Waals surface area (Å²) in [5.74, 6) is -2.49. The van der Waals surface area contributed by atoms with E-state index in [9.17, 15) is 13.6 Å². The standard InChI is InChI=1S/C14H9F2N3O2/c1-21-14(20)11-7-13-17-5-4-12(19(13)18-11)8-2-3-9(15)10(16)6-8/h2-7H,1H3. The van der Waals surface area contributed by atoms with Crippen molar-refractivity contribution < 1.29 is 18.3 Å². The normalized spacial score (nSPS) is 10.8. The van der Waals surface area contributed by atoms with Crippen LogP contribution in [0.5, 0.6) is 0 Å². The highest BCUT2D eigenvalue weighted by molar-refractivity contribution is 5.88. The van der Waals surface area contributed by atoms with Crippen LogP contribution < -0.4 is 0 Å². The van der Waals surface area contributed by atoms with Crippen LogP contribution in [0.2, 0.25) is 0 Å². The van der Waals surface area contributed by atoms with Gasteiger partial charge in [0.25, 0.3) is 0 Å². The van der Waals surface area contributed by atoms with Gasteiger partial charge in [-0.15, -0.1) is 0 Å². The highest BCUT2D eigenvalue weighted by atomic mass is 19.2. The lowest BCUT2D eigenvalue weighted by atomic mass is 10.1. The number of carbonyl (C=O) groups excluding carboxylic acids is 1. The molecule has 0 unspecified atom stereocenters. The van der Waals surface area contributed by atoms with Crippen LogP contribution in [0.3, 0.4) is 0 Å². The Bertz CT molecular complexity index is 845. The van der Waals surface area contributed by atoms with E-state index < -0.39 is 17.6 Å². The zero-order valence-corrected chi connectivity index (χ0v) is 10.9. The van der Waals surface area contributed by atoms with E-state index in [-0.39, 0.29) is 5.69 Å². The third kappa shape index (κ3) is 2.22. The number of hydrogen-bond donors (Lipinski definition) is 0. The van der Waals surface area contributed by atoms with Gasteiger partial charge in [-0.1, -0.05) is 0 Å². The minimum Gasteiger partial charge on any atom is -0.464 e. The van der Waals surface area contributed by atoms with E-state index in [4.69, 9.17) is 0 Å². The maximum Gasteiger partial charge on any atom is 0.358 e. The molecule has 0 aliphatic heterocycles. The predicted molar refractivity (Wildman–Crippen MR) is 69.7 cm³/mol. The zero-order chi connectivity index (χ0) is 15.0. The van der Waals surface area contributed by atoms with Crippen LogP contribution in [0.4, 0.5) is 8.78 Å². The minimum atomic E-state index is -0.960. The van der Waals surface area contributed by atoms with E-state index in [1.165, 1.54) is 30.0 Å². The van der Waals surface area contributed by atoms with Gasteiger partial charge in [0.1, 0.15) is 0 Å². The molecule has 0 aliphatic carbocycles. The number of hydrogen-bond acceptors (Lipinski definition) is 4. The van der Waals surface area contributed by atoms with Crippen LogP contribution in [-0.2, 0) is 4.74 Å². The van der Waals surface area contributed by atoms with Crippen LogP contribution in [0.25, 0.3) is 16.9 Å². The van der Waals surface area contributed by atoms with E-state index in [1.54, 1.807) is 6.07 Å². The first-order valence-electron chi connectivity index (χ1n) is 5.98. The third-order valence-corrected chi connectivity index (χ3v) is 2.97. The Hall–Kier alpha value is -2.83. The fraction of sp³-hybridized carbons (Fsp3) is 0.0714. The SMILES string of the molecule is COC(=O)c1cc2nccc(-c3ccc(F)c(F)c3)n2n1. The second-order valence-electron chi connectivity index (χ2n) is 4.25. The van der Waals surface area contributed by atoms with Gasteiger partial charge in [0, 0.05) is 17.8 Å². The lowest BCUT2D eigenvalue weighted by Gasteiger charge is -2.04. The van der Waals surface area contributed by atoms with E-state index >= 15 is 0 Å². The molecular formula is C14H9F2N3O2. The van der Waals surface area contributed by atoms with Crippen molar-refractivity contribution in [3.05, 3.63) is 53.9 Å². The molecule has 3 aromatic rings. The summed E-state index contributed by atoms with van der Waals surface area (Å²) in [5, 5.41) is 4.08. The van der Waals surface area contributed by atoms with Gasteiger partial charge in [-0.05, 0) is 24.3 Å². The van der Waals surface area contributed by atoms with E-state index in [0.29, 0.717) is 16.9 Å². The molecule has 0 aliphatic rings. The number of carbonyl (C=O) groups is 1. The van der Waals surface area contributed by atoms with Crippen LogP contribution in [0.1, 0.15) is 10.5 Å². The molecule has 7 heteroatoms. The molecule has 106 valence electrons. The molecule has 1 aromatic carbocycles. The molecular weight excluding hydrogens is 280 g/mol. The van der Waals surface area contributed by atoms with E-state index in [0.717, 1.165) is 12.1 Å². The summed E-state index contributed by atoms with van der Waals surface area (Å²) in [5.41, 5.74) is 1.38. The largest absolute Gasteiger partial charge is 0.464 e. The van der Waals surface area contributed by atoms with Gasteiger partial charge in [-0.2, -0.15) is 5.10 Å². The number of esters is 1. The number of ether oxygens (including phenoxy) is 1. The van der Waals surface area contributed by atoms with Crippen LogP contribution >= 0.6 is 0 Å². The van der Waals surface area contributed by atoms with E-state index in [1.807, 2.05) is 0 Å². The van der Waals surface area contributed by atoms with Crippen molar-refractivity contribution in [2.45, 2.75) is 0 Å². The second-order valence-corrected chi connectivity index (χ2v) is 4.25. The van der Waals surface area contributed by atoms with Gasteiger partial charge in [-0.3, -0.25) is 0 Å². The Morgan fingerprint density at radius 2 is 2.00 bits per heavy atom. The van der Waals surface area contributed by atoms with Gasteiger partial charge in [0.15, 0.2) is 23.0 Å². The van der Waals surface area contributed by atoms with Crippen molar-refractivity contribution >= 4 is 11.6 Å². The molecule has 0 radical (unpaired) electrons. The molecule has 0 saturated heterocycles. The smallest absolute Gasteiger partial charge is 0.358 e. The number of methoxy groups -OCH3 is 1. The molecule has 0 N–H and O–H groups in total. The number of halogens is 2. The number of nitrogens with zero attached hydrogens (tertiary/aromatic N) is 3. The van der Waals surface area contributed by atoms with Crippen molar-refractivity contribution in [2.24, 2.45) is 0 Å². The third-order valence-electron chi connectivity index (χ3n) is 2.97. The average Bonchev–Trinajstić information content (AvgIpc) is 2.93. The first-order valence-corrected chi connectivity index (χ1v) is 5.98. The van der Waals surface area contributed by atoms with Gasteiger partial charge < -0.3 is 4.74 Å². The zero-order valence-electron chi connectivity index (χ0n) is 10.9. The molecule has 0 atom stereocenters. The highest BCUT2D eigenvalue weighted by Gasteiger charge is 2.14. The summed E-state index contributed by atoms with van der Waals surface area (Å²) in [6.07, 6.45) is 1.49. The Labute approximate surface area is 117 Å². The number of aromatic nitrogens is 3. The topological polar surface area (TPSA) is 56.5 Å². The lowest BCUT2D eigenvalue weighted by Crippen LogP contribution is -2.03. The summed E-state index contributed by atoms with van der Waals surface area (Å²) in [6, 6.07) is 6.56. The van der Waals surface area contributed by atoms with Crippen molar-refractivity contribution in [3.8, 4) is 11.3 Å². The molecule has 0 amide bonds. The maximum atomic E-state index is 13.4. The fourth-order valence-electron chi connectivity index (χ4n) is 1.97. The number of fused-ring (bicyclic) bond motifs is 1. The Kier molecular flexibility index (Phi) is 3.09. The molecule has 0 spiro atoms. The molecule has 21 heavy (non-hydrogen) atoms. The Balaban J connectivity index is 2.20. The van der Waals surface area contributed by atoms with Crippen LogP contribution in [-0.4, -0.2) is 27.7 Å². The molecule has 3 rings (SSSR count). The first-order chi connectivity index (χ1) is 10.1. The van der Waals surface area contributed by atoms with Crippen molar-refractivity contribution in [1.29, 1.82) is 0 Å². The summed E-state index contributed by atoms with van der Waals surface area (Å²) in [6.45, 7) is 0. The number of rotatable bonds is 2. The maximum absolute atomic E-state index is 13.4. The van der Waals surface area contributed by atoms with Gasteiger partial charge in [-0.25, -0.2) is 23.1 Å². The molecule has 5 nitrogen and oxygen atoms in total. The Morgan fingerprint density at radius 1 is 1.19 bits per heavy atom. The second kappa shape index (κ2) is 4.93. The van der Waals surface area contributed by atoms with Gasteiger partial charge >= 0.3 is 5.97 Å². The van der Waals surface area contributed by atoms with Crippen LogP contribution in [0.15, 0.2) is 36.5 Å². The summed E-state index contributed by atoms with van der Waals surface area (Å²) in [7, 11) is 1.25.